The van der Waals surface area contributed by atoms with Crippen LogP contribution in [0.4, 0.5) is 10.6 Å². The Bertz CT molecular complexity index is 1180. The second-order valence-corrected chi connectivity index (χ2v) is 10.8. The van der Waals surface area contributed by atoms with Crippen LogP contribution < -0.4 is 9.64 Å². The molecule has 1 fully saturated rings. The van der Waals surface area contributed by atoms with Gasteiger partial charge in [0, 0.05) is 36.2 Å². The van der Waals surface area contributed by atoms with Gasteiger partial charge >= 0.3 is 6.09 Å². The third-order valence-corrected chi connectivity index (χ3v) is 6.44. The highest BCUT2D eigenvalue weighted by atomic mass is 35.5. The summed E-state index contributed by atoms with van der Waals surface area (Å²) in [5.74, 6) is 2.24. The maximum atomic E-state index is 12.4. The number of pyridine rings is 1. The normalized spacial score (nSPS) is 14.4. The van der Waals surface area contributed by atoms with Crippen LogP contribution in [0.3, 0.4) is 0 Å². The molecule has 8 heteroatoms. The molecular weight excluding hydrogens is 497 g/mol. The van der Waals surface area contributed by atoms with Crippen molar-refractivity contribution in [1.82, 2.24) is 9.88 Å². The average Bonchev–Trinajstić information content (AvgIpc) is 2.83. The Labute approximate surface area is 222 Å². The number of carbonyl (C=O) groups excluding carboxylic acids is 1. The predicted molar refractivity (Wildman–Crippen MR) is 145 cm³/mol. The number of hydrogen-bond donors (Lipinski definition) is 0. The molecule has 190 valence electrons. The topological polar surface area (TPSA) is 54.9 Å². The molecule has 1 aromatic heterocycles. The van der Waals surface area contributed by atoms with Gasteiger partial charge in [-0.1, -0.05) is 35.3 Å². The summed E-state index contributed by atoms with van der Waals surface area (Å²) in [5, 5.41) is 1.17. The van der Waals surface area contributed by atoms with Crippen molar-refractivity contribution >= 4 is 35.1 Å². The molecule has 1 aliphatic heterocycles. The van der Waals surface area contributed by atoms with Crippen LogP contribution in [0.15, 0.2) is 60.8 Å². The summed E-state index contributed by atoms with van der Waals surface area (Å²) >= 11 is 12.3. The summed E-state index contributed by atoms with van der Waals surface area (Å²) in [6, 6.07) is 17.3. The van der Waals surface area contributed by atoms with E-state index in [1.165, 1.54) is 0 Å². The maximum absolute atomic E-state index is 12.4. The van der Waals surface area contributed by atoms with Gasteiger partial charge in [-0.25, -0.2) is 9.78 Å². The average molecular weight is 528 g/mol. The van der Waals surface area contributed by atoms with Crippen molar-refractivity contribution in [2.24, 2.45) is 0 Å². The molecule has 6 nitrogen and oxygen atoms in total. The van der Waals surface area contributed by atoms with Crippen LogP contribution >= 0.6 is 23.2 Å². The number of aromatic nitrogens is 1. The summed E-state index contributed by atoms with van der Waals surface area (Å²) in [5.41, 5.74) is 1.39. The SMILES string of the molecule is CN(C(=O)OC(C)(C)C)C1CCN(c2ccc(Oc3cccc(-c4cc(Cl)cc(Cl)c4)c3)cn2)CC1. The standard InChI is InChI=1S/C28H31Cl2N3O3/c1-28(2,3)36-27(34)32(4)23-10-12-33(13-11-23)26-9-8-25(18-31-26)35-24-7-5-6-19(16-24)20-14-21(29)17-22(30)15-20/h5-9,14-18,23H,10-13H2,1-4H3. The van der Waals surface area contributed by atoms with Crippen molar-refractivity contribution in [3.8, 4) is 22.6 Å². The van der Waals surface area contributed by atoms with Crippen LogP contribution in [-0.4, -0.2) is 47.8 Å². The van der Waals surface area contributed by atoms with Crippen molar-refractivity contribution in [1.29, 1.82) is 0 Å². The van der Waals surface area contributed by atoms with Gasteiger partial charge in [-0.2, -0.15) is 0 Å². The Kier molecular flexibility index (Phi) is 7.96. The van der Waals surface area contributed by atoms with E-state index in [-0.39, 0.29) is 12.1 Å². The first kappa shape index (κ1) is 26.1. The summed E-state index contributed by atoms with van der Waals surface area (Å²) in [6.07, 6.45) is 3.17. The highest BCUT2D eigenvalue weighted by Crippen LogP contribution is 2.31. The quantitative estimate of drug-likeness (QED) is 0.340. The Hall–Kier alpha value is -2.96. The molecule has 0 radical (unpaired) electrons. The van der Waals surface area contributed by atoms with E-state index in [1.807, 2.05) is 76.3 Å². The summed E-state index contributed by atoms with van der Waals surface area (Å²) in [4.78, 5) is 20.9. The highest BCUT2D eigenvalue weighted by molar-refractivity contribution is 6.35. The summed E-state index contributed by atoms with van der Waals surface area (Å²) < 4.78 is 11.6. The minimum absolute atomic E-state index is 0.153. The zero-order valence-electron chi connectivity index (χ0n) is 21.0. The lowest BCUT2D eigenvalue weighted by atomic mass is 10.0. The first-order valence-electron chi connectivity index (χ1n) is 12.0. The molecule has 0 saturated carbocycles. The smallest absolute Gasteiger partial charge is 0.410 e. The third kappa shape index (κ3) is 6.83. The number of ether oxygens (including phenoxy) is 2. The molecular formula is C28H31Cl2N3O3. The minimum Gasteiger partial charge on any atom is -0.456 e. The van der Waals surface area contributed by atoms with E-state index >= 15 is 0 Å². The van der Waals surface area contributed by atoms with Gasteiger partial charge in [-0.05, 0) is 87.2 Å². The van der Waals surface area contributed by atoms with E-state index in [0.717, 1.165) is 42.9 Å². The summed E-state index contributed by atoms with van der Waals surface area (Å²) in [6.45, 7) is 7.27. The molecule has 0 N–H and O–H groups in total. The van der Waals surface area contributed by atoms with Crippen LogP contribution in [0.5, 0.6) is 11.5 Å². The second kappa shape index (κ2) is 11.0. The number of carbonyl (C=O) groups is 1. The molecule has 4 rings (SSSR count). The number of anilines is 1. The number of hydrogen-bond acceptors (Lipinski definition) is 5. The molecule has 1 saturated heterocycles. The Balaban J connectivity index is 1.35. The van der Waals surface area contributed by atoms with Crippen molar-refractivity contribution in [2.75, 3.05) is 25.0 Å². The van der Waals surface area contributed by atoms with E-state index in [0.29, 0.717) is 21.5 Å². The molecule has 3 aromatic rings. The Morgan fingerprint density at radius 1 is 0.972 bits per heavy atom. The predicted octanol–water partition coefficient (Wildman–Crippen LogP) is 7.68. The highest BCUT2D eigenvalue weighted by Gasteiger charge is 2.29. The molecule has 0 aliphatic carbocycles. The number of amides is 1. The molecule has 1 aliphatic rings. The molecule has 0 unspecified atom stereocenters. The molecule has 36 heavy (non-hydrogen) atoms. The molecule has 1 amide bonds. The number of piperidine rings is 1. The van der Waals surface area contributed by atoms with Gasteiger partial charge in [0.05, 0.1) is 6.20 Å². The lowest BCUT2D eigenvalue weighted by Gasteiger charge is -2.37. The maximum Gasteiger partial charge on any atom is 0.410 e. The Morgan fingerprint density at radius 2 is 1.67 bits per heavy atom. The zero-order valence-corrected chi connectivity index (χ0v) is 22.5. The monoisotopic (exact) mass is 527 g/mol. The number of benzene rings is 2. The molecule has 2 heterocycles. The van der Waals surface area contributed by atoms with Crippen molar-refractivity contribution in [3.63, 3.8) is 0 Å². The number of nitrogens with zero attached hydrogens (tertiary/aromatic N) is 3. The van der Waals surface area contributed by atoms with Crippen LogP contribution in [-0.2, 0) is 4.74 Å². The largest absolute Gasteiger partial charge is 0.456 e. The van der Waals surface area contributed by atoms with Crippen LogP contribution in [0, 0.1) is 0 Å². The van der Waals surface area contributed by atoms with Crippen LogP contribution in [0.1, 0.15) is 33.6 Å². The van der Waals surface area contributed by atoms with E-state index in [2.05, 4.69) is 9.88 Å². The first-order chi connectivity index (χ1) is 17.1. The van der Waals surface area contributed by atoms with Crippen molar-refractivity contribution in [3.05, 3.63) is 70.8 Å². The fraction of sp³-hybridized carbons (Fsp3) is 0.357. The zero-order chi connectivity index (χ0) is 25.9. The molecule has 0 spiro atoms. The van der Waals surface area contributed by atoms with Gasteiger partial charge in [0.1, 0.15) is 22.9 Å². The molecule has 2 aromatic carbocycles. The Morgan fingerprint density at radius 3 is 2.28 bits per heavy atom. The third-order valence-electron chi connectivity index (χ3n) is 6.00. The van der Waals surface area contributed by atoms with E-state index in [1.54, 1.807) is 17.2 Å². The van der Waals surface area contributed by atoms with Crippen LogP contribution in [0.2, 0.25) is 10.0 Å². The van der Waals surface area contributed by atoms with Gasteiger partial charge in [0.15, 0.2) is 0 Å². The summed E-state index contributed by atoms with van der Waals surface area (Å²) in [7, 11) is 1.81. The van der Waals surface area contributed by atoms with Crippen molar-refractivity contribution in [2.45, 2.75) is 45.3 Å². The second-order valence-electron chi connectivity index (χ2n) is 9.95. The fourth-order valence-electron chi connectivity index (χ4n) is 4.18. The van der Waals surface area contributed by atoms with Gasteiger partial charge in [0.25, 0.3) is 0 Å². The van der Waals surface area contributed by atoms with E-state index in [4.69, 9.17) is 32.7 Å². The molecule has 0 bridgehead atoms. The lowest BCUT2D eigenvalue weighted by Crippen LogP contribution is -2.47. The van der Waals surface area contributed by atoms with E-state index in [9.17, 15) is 4.79 Å². The van der Waals surface area contributed by atoms with Crippen LogP contribution in [0.25, 0.3) is 11.1 Å². The number of halogens is 2. The van der Waals surface area contributed by atoms with Gasteiger partial charge in [-0.15, -0.1) is 0 Å². The van der Waals surface area contributed by atoms with Gasteiger partial charge in [0.2, 0.25) is 0 Å². The van der Waals surface area contributed by atoms with E-state index < -0.39 is 5.60 Å². The van der Waals surface area contributed by atoms with Gasteiger partial charge in [-0.3, -0.25) is 0 Å². The number of rotatable bonds is 5. The fourth-order valence-corrected chi connectivity index (χ4v) is 4.71. The van der Waals surface area contributed by atoms with Crippen molar-refractivity contribution < 1.29 is 14.3 Å². The minimum atomic E-state index is -0.496. The van der Waals surface area contributed by atoms with Gasteiger partial charge < -0.3 is 19.3 Å². The molecule has 0 atom stereocenters. The lowest BCUT2D eigenvalue weighted by molar-refractivity contribution is 0.0201. The first-order valence-corrected chi connectivity index (χ1v) is 12.7.